The molecule has 37 heavy (non-hydrogen) atoms. The van der Waals surface area contributed by atoms with E-state index in [0.29, 0.717) is 48.9 Å². The van der Waals surface area contributed by atoms with Crippen molar-refractivity contribution in [3.05, 3.63) is 41.9 Å². The molecule has 2 aliphatic rings. The Morgan fingerprint density at radius 3 is 2.81 bits per heavy atom. The van der Waals surface area contributed by atoms with E-state index in [-0.39, 0.29) is 12.1 Å². The molecule has 4 aromatic rings. The Labute approximate surface area is 214 Å². The minimum Gasteiger partial charge on any atom is -0.389 e. The summed E-state index contributed by atoms with van der Waals surface area (Å²) in [5.41, 5.74) is 4.17. The van der Waals surface area contributed by atoms with Crippen LogP contribution in [0.2, 0.25) is 0 Å². The van der Waals surface area contributed by atoms with E-state index in [2.05, 4.69) is 66.5 Å². The number of nitrogens with zero attached hydrogens (tertiary/aromatic N) is 7. The molecule has 5 heterocycles. The lowest BCUT2D eigenvalue weighted by Gasteiger charge is -2.37. The Morgan fingerprint density at radius 2 is 2.08 bits per heavy atom. The SMILES string of the molecule is CCNc1nc(Nc2ccc3c(c2)c(C)cn3C2CCN(C3COCC3O)CC2)nn2c(C#N)cnc12. The van der Waals surface area contributed by atoms with E-state index >= 15 is 0 Å². The molecule has 0 spiro atoms. The Bertz CT molecular complexity index is 1480. The van der Waals surface area contributed by atoms with E-state index in [1.807, 2.05) is 13.0 Å². The zero-order valence-electron chi connectivity index (χ0n) is 21.1. The van der Waals surface area contributed by atoms with Crippen LogP contribution in [0.1, 0.15) is 37.1 Å². The van der Waals surface area contributed by atoms with Crippen molar-refractivity contribution in [1.29, 1.82) is 5.26 Å². The van der Waals surface area contributed by atoms with Crippen LogP contribution in [0.25, 0.3) is 16.6 Å². The molecule has 0 radical (unpaired) electrons. The first-order chi connectivity index (χ1) is 18.1. The Kier molecular flexibility index (Phi) is 6.16. The van der Waals surface area contributed by atoms with Crippen molar-refractivity contribution in [1.82, 2.24) is 29.0 Å². The Hall–Kier alpha value is -3.72. The molecule has 1 aromatic carbocycles. The van der Waals surface area contributed by atoms with Gasteiger partial charge in [0.1, 0.15) is 6.07 Å². The number of aliphatic hydroxyl groups is 1. The highest BCUT2D eigenvalue weighted by Gasteiger charge is 2.34. The first-order valence-corrected chi connectivity index (χ1v) is 12.8. The summed E-state index contributed by atoms with van der Waals surface area (Å²) in [6.45, 7) is 7.78. The van der Waals surface area contributed by atoms with E-state index in [4.69, 9.17) is 4.74 Å². The summed E-state index contributed by atoms with van der Waals surface area (Å²) in [6.07, 6.45) is 5.45. The van der Waals surface area contributed by atoms with Gasteiger partial charge in [-0.2, -0.15) is 14.8 Å². The number of nitrogens with one attached hydrogen (secondary N) is 2. The molecule has 0 saturated carbocycles. The first kappa shape index (κ1) is 23.7. The molecule has 2 unspecified atom stereocenters. The molecule has 11 heteroatoms. The fourth-order valence-electron chi connectivity index (χ4n) is 5.61. The largest absolute Gasteiger partial charge is 0.389 e. The number of anilines is 3. The fourth-order valence-corrected chi connectivity index (χ4v) is 5.61. The lowest BCUT2D eigenvalue weighted by atomic mass is 10.0. The molecular formula is C26H31N9O2. The molecule has 6 rings (SSSR count). The van der Waals surface area contributed by atoms with Crippen LogP contribution in [-0.4, -0.2) is 79.1 Å². The van der Waals surface area contributed by atoms with E-state index in [0.717, 1.165) is 31.6 Å². The zero-order chi connectivity index (χ0) is 25.5. The van der Waals surface area contributed by atoms with Crippen LogP contribution >= 0.6 is 0 Å². The van der Waals surface area contributed by atoms with Gasteiger partial charge in [0.25, 0.3) is 0 Å². The van der Waals surface area contributed by atoms with E-state index in [1.54, 1.807) is 0 Å². The van der Waals surface area contributed by atoms with Crippen LogP contribution in [0.4, 0.5) is 17.5 Å². The number of aliphatic hydroxyl groups excluding tert-OH is 1. The average molecular weight is 502 g/mol. The highest BCUT2D eigenvalue weighted by Crippen LogP contribution is 2.33. The molecule has 0 bridgehead atoms. The van der Waals surface area contributed by atoms with Crippen LogP contribution in [-0.2, 0) is 4.74 Å². The Morgan fingerprint density at radius 1 is 1.24 bits per heavy atom. The molecule has 2 atom stereocenters. The van der Waals surface area contributed by atoms with E-state index in [9.17, 15) is 10.4 Å². The van der Waals surface area contributed by atoms with Crippen LogP contribution in [0.5, 0.6) is 0 Å². The van der Waals surface area contributed by atoms with Gasteiger partial charge in [-0.15, -0.1) is 5.10 Å². The maximum atomic E-state index is 10.2. The van der Waals surface area contributed by atoms with Gasteiger partial charge in [-0.3, -0.25) is 4.90 Å². The van der Waals surface area contributed by atoms with Gasteiger partial charge in [0.15, 0.2) is 17.2 Å². The fraction of sp³-hybridized carbons (Fsp3) is 0.462. The number of fused-ring (bicyclic) bond motifs is 2. The number of aromatic nitrogens is 5. The maximum absolute atomic E-state index is 10.2. The van der Waals surface area contributed by atoms with Gasteiger partial charge >= 0.3 is 0 Å². The highest BCUT2D eigenvalue weighted by atomic mass is 16.5. The number of likely N-dealkylation sites (tertiary alicyclic amines) is 1. The number of benzene rings is 1. The minimum atomic E-state index is -0.379. The molecule has 11 nitrogen and oxygen atoms in total. The molecule has 2 fully saturated rings. The van der Waals surface area contributed by atoms with Crippen molar-refractivity contribution < 1.29 is 9.84 Å². The van der Waals surface area contributed by atoms with Crippen molar-refractivity contribution in [3.8, 4) is 6.07 Å². The Balaban J connectivity index is 1.24. The van der Waals surface area contributed by atoms with Crippen molar-refractivity contribution >= 4 is 34.0 Å². The summed E-state index contributed by atoms with van der Waals surface area (Å²) in [7, 11) is 0. The molecular weight excluding hydrogens is 470 g/mol. The highest BCUT2D eigenvalue weighted by molar-refractivity contribution is 5.87. The maximum Gasteiger partial charge on any atom is 0.247 e. The van der Waals surface area contributed by atoms with Gasteiger partial charge < -0.3 is 25.0 Å². The van der Waals surface area contributed by atoms with Crippen LogP contribution in [0.15, 0.2) is 30.6 Å². The van der Waals surface area contributed by atoms with Gasteiger partial charge in [0.2, 0.25) is 5.95 Å². The number of rotatable bonds is 6. The summed E-state index contributed by atoms with van der Waals surface area (Å²) < 4.78 is 9.38. The second-order valence-corrected chi connectivity index (χ2v) is 9.82. The average Bonchev–Trinajstić information content (AvgIpc) is 3.61. The second-order valence-electron chi connectivity index (χ2n) is 9.82. The summed E-state index contributed by atoms with van der Waals surface area (Å²) in [6, 6.07) is 8.99. The monoisotopic (exact) mass is 501 g/mol. The molecule has 192 valence electrons. The van der Waals surface area contributed by atoms with Gasteiger partial charge in [0.05, 0.1) is 31.6 Å². The molecule has 2 aliphatic heterocycles. The van der Waals surface area contributed by atoms with Crippen LogP contribution < -0.4 is 10.6 Å². The van der Waals surface area contributed by atoms with Crippen molar-refractivity contribution in [2.45, 2.75) is 44.9 Å². The lowest BCUT2D eigenvalue weighted by Crippen LogP contribution is -2.47. The predicted molar refractivity (Wildman–Crippen MR) is 140 cm³/mol. The number of imidazole rings is 1. The second kappa shape index (κ2) is 9.63. The third-order valence-corrected chi connectivity index (χ3v) is 7.49. The quantitative estimate of drug-likeness (QED) is 0.365. The third kappa shape index (κ3) is 4.27. The first-order valence-electron chi connectivity index (χ1n) is 12.8. The number of ether oxygens (including phenoxy) is 1. The van der Waals surface area contributed by atoms with Gasteiger partial charge in [0, 0.05) is 48.5 Å². The van der Waals surface area contributed by atoms with Crippen molar-refractivity contribution in [2.75, 3.05) is 43.5 Å². The van der Waals surface area contributed by atoms with Crippen LogP contribution in [0.3, 0.4) is 0 Å². The number of hydrogen-bond acceptors (Lipinski definition) is 9. The number of hydrogen-bond donors (Lipinski definition) is 3. The van der Waals surface area contributed by atoms with Crippen LogP contribution in [0, 0.1) is 18.3 Å². The van der Waals surface area contributed by atoms with Crippen molar-refractivity contribution in [2.24, 2.45) is 0 Å². The molecule has 3 aromatic heterocycles. The van der Waals surface area contributed by atoms with Gasteiger partial charge in [-0.05, 0) is 50.5 Å². The number of aryl methyl sites for hydroxylation is 1. The summed E-state index contributed by atoms with van der Waals surface area (Å²) >= 11 is 0. The number of nitriles is 1. The predicted octanol–water partition coefficient (Wildman–Crippen LogP) is 2.83. The van der Waals surface area contributed by atoms with Gasteiger partial charge in [-0.1, -0.05) is 0 Å². The molecule has 0 aliphatic carbocycles. The minimum absolute atomic E-state index is 0.124. The summed E-state index contributed by atoms with van der Waals surface area (Å²) in [5, 5.41) is 31.8. The third-order valence-electron chi connectivity index (χ3n) is 7.49. The van der Waals surface area contributed by atoms with E-state index < -0.39 is 0 Å². The topological polar surface area (TPSA) is 129 Å². The standard InChI is InChI=1S/C26H31N9O2/c1-3-28-24-25-29-12-19(11-27)35(25)32-26(31-24)30-17-4-5-21-20(10-17)16(2)13-34(21)18-6-8-33(9-7-18)22-14-37-15-23(22)36/h4-5,10,12-13,18,22-23,36H,3,6-9,14-15H2,1-2H3,(H2,28,30,31,32). The normalized spacial score (nSPS) is 21.0. The zero-order valence-corrected chi connectivity index (χ0v) is 21.1. The molecule has 0 amide bonds. The lowest BCUT2D eigenvalue weighted by molar-refractivity contribution is 0.0606. The molecule has 3 N–H and O–H groups in total. The number of piperidine rings is 1. The summed E-state index contributed by atoms with van der Waals surface area (Å²) in [4.78, 5) is 11.3. The van der Waals surface area contributed by atoms with Crippen molar-refractivity contribution in [3.63, 3.8) is 0 Å². The smallest absolute Gasteiger partial charge is 0.247 e. The summed E-state index contributed by atoms with van der Waals surface area (Å²) in [5.74, 6) is 0.966. The molecule has 2 saturated heterocycles. The van der Waals surface area contributed by atoms with E-state index in [1.165, 1.54) is 27.2 Å². The van der Waals surface area contributed by atoms with Gasteiger partial charge in [-0.25, -0.2) is 4.98 Å².